The number of halogens is 2. The second kappa shape index (κ2) is 6.07. The molecule has 0 saturated heterocycles. The average molecular weight is 319 g/mol. The van der Waals surface area contributed by atoms with Crippen molar-refractivity contribution in [1.82, 2.24) is 5.32 Å². The molecule has 3 nitrogen and oxygen atoms in total. The quantitative estimate of drug-likeness (QED) is 0.687. The van der Waals surface area contributed by atoms with Crippen LogP contribution in [-0.4, -0.2) is 20.1 Å². The van der Waals surface area contributed by atoms with E-state index in [9.17, 15) is 4.79 Å². The van der Waals surface area contributed by atoms with Gasteiger partial charge in [-0.2, -0.15) is 0 Å². The molecule has 1 aromatic rings. The van der Waals surface area contributed by atoms with Crippen molar-refractivity contribution in [2.45, 2.75) is 6.92 Å². The molecule has 92 valence electrons. The molecular weight excluding hydrogens is 305 g/mol. The normalized spacial score (nSPS) is 11.8. The van der Waals surface area contributed by atoms with Gasteiger partial charge in [-0.15, -0.1) is 0 Å². The first kappa shape index (κ1) is 14.1. The molecule has 0 unspecified atom stereocenters. The predicted octanol–water partition coefficient (Wildman–Crippen LogP) is 3.23. The van der Waals surface area contributed by atoms with E-state index in [1.807, 2.05) is 6.92 Å². The Morgan fingerprint density at radius 3 is 2.59 bits per heavy atom. The number of carbonyl (C=O) groups excluding carboxylic acids is 1. The predicted molar refractivity (Wildman–Crippen MR) is 72.8 cm³/mol. The van der Waals surface area contributed by atoms with Crippen molar-refractivity contribution < 1.29 is 9.53 Å². The number of ether oxygens (including phenoxy) is 1. The fourth-order valence-corrected chi connectivity index (χ4v) is 2.27. The van der Waals surface area contributed by atoms with E-state index < -0.39 is 0 Å². The molecule has 5 heteroatoms. The maximum atomic E-state index is 11.8. The number of methoxy groups -OCH3 is 1. The third kappa shape index (κ3) is 3.23. The van der Waals surface area contributed by atoms with Crippen molar-refractivity contribution in [1.29, 1.82) is 0 Å². The van der Waals surface area contributed by atoms with E-state index in [-0.39, 0.29) is 5.97 Å². The van der Waals surface area contributed by atoms with Gasteiger partial charge in [-0.05, 0) is 19.1 Å². The molecule has 17 heavy (non-hydrogen) atoms. The third-order valence-electron chi connectivity index (χ3n) is 2.34. The van der Waals surface area contributed by atoms with Crippen molar-refractivity contribution in [3.05, 3.63) is 39.0 Å². The van der Waals surface area contributed by atoms with E-state index in [4.69, 9.17) is 16.3 Å². The highest BCUT2D eigenvalue weighted by atomic mass is 79.9. The van der Waals surface area contributed by atoms with Gasteiger partial charge >= 0.3 is 5.97 Å². The van der Waals surface area contributed by atoms with Crippen LogP contribution in [0.3, 0.4) is 0 Å². The first-order valence-electron chi connectivity index (χ1n) is 4.93. The monoisotopic (exact) mass is 317 g/mol. The number of hydrogen-bond acceptors (Lipinski definition) is 3. The lowest BCUT2D eigenvalue weighted by Crippen LogP contribution is -2.13. The molecule has 0 amide bonds. The number of hydrogen-bond donors (Lipinski definition) is 1. The molecule has 1 N–H and O–H groups in total. The summed E-state index contributed by atoms with van der Waals surface area (Å²) >= 11 is 9.26. The lowest BCUT2D eigenvalue weighted by molar-refractivity contribution is -0.133. The number of esters is 1. The topological polar surface area (TPSA) is 38.3 Å². The van der Waals surface area contributed by atoms with E-state index in [0.717, 1.165) is 15.7 Å². The first-order valence-corrected chi connectivity index (χ1v) is 6.10. The van der Waals surface area contributed by atoms with Crippen LogP contribution >= 0.6 is 27.5 Å². The van der Waals surface area contributed by atoms with Gasteiger partial charge in [0.1, 0.15) is 0 Å². The summed E-state index contributed by atoms with van der Waals surface area (Å²) in [5.74, 6) is -0.389. The summed E-state index contributed by atoms with van der Waals surface area (Å²) in [6, 6.07) is 5.25. The van der Waals surface area contributed by atoms with Gasteiger partial charge in [0.05, 0.1) is 12.7 Å². The molecular formula is C12H13BrClNO2. The molecule has 0 spiro atoms. The Bertz CT molecular complexity index is 472. The highest BCUT2D eigenvalue weighted by molar-refractivity contribution is 9.10. The SMILES string of the molecule is CN/C(C)=C(\C(=O)OC)c1ccc(Cl)cc1Br. The van der Waals surface area contributed by atoms with Crippen molar-refractivity contribution in [2.24, 2.45) is 0 Å². The van der Waals surface area contributed by atoms with Gasteiger partial charge in [0, 0.05) is 27.8 Å². The van der Waals surface area contributed by atoms with E-state index in [0.29, 0.717) is 10.6 Å². The molecule has 0 aliphatic carbocycles. The first-order chi connectivity index (χ1) is 8.01. The van der Waals surface area contributed by atoms with Crippen molar-refractivity contribution in [3.63, 3.8) is 0 Å². The zero-order valence-electron chi connectivity index (χ0n) is 9.80. The Balaban J connectivity index is 3.38. The van der Waals surface area contributed by atoms with E-state index in [1.54, 1.807) is 25.2 Å². The van der Waals surface area contributed by atoms with E-state index >= 15 is 0 Å². The fraction of sp³-hybridized carbons (Fsp3) is 0.250. The lowest BCUT2D eigenvalue weighted by atomic mass is 10.0. The minimum absolute atomic E-state index is 0.389. The van der Waals surface area contributed by atoms with Crippen molar-refractivity contribution in [3.8, 4) is 0 Å². The Labute approximate surface area is 114 Å². The van der Waals surface area contributed by atoms with E-state index in [1.165, 1.54) is 7.11 Å². The molecule has 1 aromatic carbocycles. The second-order valence-corrected chi connectivity index (χ2v) is 4.66. The highest BCUT2D eigenvalue weighted by Gasteiger charge is 2.18. The van der Waals surface area contributed by atoms with Gasteiger partial charge in [0.25, 0.3) is 0 Å². The van der Waals surface area contributed by atoms with Crippen LogP contribution in [0.15, 0.2) is 28.4 Å². The summed E-state index contributed by atoms with van der Waals surface area (Å²) in [7, 11) is 3.11. The zero-order valence-corrected chi connectivity index (χ0v) is 12.1. The number of carbonyl (C=O) groups is 1. The molecule has 0 fully saturated rings. The molecule has 0 radical (unpaired) electrons. The van der Waals surface area contributed by atoms with Gasteiger partial charge in [0.15, 0.2) is 0 Å². The van der Waals surface area contributed by atoms with Crippen LogP contribution < -0.4 is 5.32 Å². The van der Waals surface area contributed by atoms with Gasteiger partial charge < -0.3 is 10.1 Å². The van der Waals surface area contributed by atoms with Gasteiger partial charge in [-0.3, -0.25) is 0 Å². The van der Waals surface area contributed by atoms with Crippen LogP contribution in [0.4, 0.5) is 0 Å². The molecule has 0 aliphatic heterocycles. The minimum Gasteiger partial charge on any atom is -0.465 e. The summed E-state index contributed by atoms with van der Waals surface area (Å²) in [5.41, 5.74) is 1.96. The summed E-state index contributed by atoms with van der Waals surface area (Å²) < 4.78 is 5.53. The number of rotatable bonds is 3. The van der Waals surface area contributed by atoms with Gasteiger partial charge in [-0.1, -0.05) is 33.6 Å². The summed E-state index contributed by atoms with van der Waals surface area (Å²) in [6.07, 6.45) is 0. The third-order valence-corrected chi connectivity index (χ3v) is 3.23. The van der Waals surface area contributed by atoms with Crippen LogP contribution in [0.1, 0.15) is 12.5 Å². The Morgan fingerprint density at radius 2 is 2.12 bits per heavy atom. The minimum atomic E-state index is -0.389. The Kier molecular flexibility index (Phi) is 5.02. The smallest absolute Gasteiger partial charge is 0.340 e. The maximum Gasteiger partial charge on any atom is 0.340 e. The largest absolute Gasteiger partial charge is 0.465 e. The summed E-state index contributed by atoms with van der Waals surface area (Å²) in [6.45, 7) is 1.81. The van der Waals surface area contributed by atoms with Crippen molar-refractivity contribution >= 4 is 39.1 Å². The average Bonchev–Trinajstić information content (AvgIpc) is 2.31. The van der Waals surface area contributed by atoms with Crippen LogP contribution in [-0.2, 0) is 9.53 Å². The Hall–Kier alpha value is -1.000. The Morgan fingerprint density at radius 1 is 1.47 bits per heavy atom. The molecule has 0 aromatic heterocycles. The molecule has 0 bridgehead atoms. The van der Waals surface area contributed by atoms with E-state index in [2.05, 4.69) is 21.2 Å². The molecule has 0 aliphatic rings. The lowest BCUT2D eigenvalue weighted by Gasteiger charge is -2.12. The number of benzene rings is 1. The van der Waals surface area contributed by atoms with Crippen molar-refractivity contribution in [2.75, 3.05) is 14.2 Å². The van der Waals surface area contributed by atoms with Gasteiger partial charge in [0.2, 0.25) is 0 Å². The highest BCUT2D eigenvalue weighted by Crippen LogP contribution is 2.29. The summed E-state index contributed by atoms with van der Waals surface area (Å²) in [5, 5.41) is 3.55. The zero-order chi connectivity index (χ0) is 13.0. The van der Waals surface area contributed by atoms with Crippen LogP contribution in [0, 0.1) is 0 Å². The van der Waals surface area contributed by atoms with Gasteiger partial charge in [-0.25, -0.2) is 4.79 Å². The molecule has 0 saturated carbocycles. The van der Waals surface area contributed by atoms with Crippen LogP contribution in [0.2, 0.25) is 5.02 Å². The number of allylic oxidation sites excluding steroid dienone is 1. The molecule has 0 atom stereocenters. The molecule has 1 rings (SSSR count). The van der Waals surface area contributed by atoms with Crippen LogP contribution in [0.25, 0.3) is 5.57 Å². The second-order valence-electron chi connectivity index (χ2n) is 3.37. The maximum absolute atomic E-state index is 11.8. The fourth-order valence-electron chi connectivity index (χ4n) is 1.38. The number of nitrogens with one attached hydrogen (secondary N) is 1. The molecule has 0 heterocycles. The van der Waals surface area contributed by atoms with Crippen LogP contribution in [0.5, 0.6) is 0 Å². The summed E-state index contributed by atoms with van der Waals surface area (Å²) in [4.78, 5) is 11.8. The standard InChI is InChI=1S/C12H13BrClNO2/c1-7(15-2)11(12(16)17-3)9-5-4-8(14)6-10(9)13/h4-6,15H,1-3H3/b11-7-.